The molecular formula is C26H31N3O2. The molecule has 0 aromatic heterocycles. The van der Waals surface area contributed by atoms with Crippen LogP contribution in [0.1, 0.15) is 25.8 Å². The van der Waals surface area contributed by atoms with E-state index < -0.39 is 0 Å². The molecular weight excluding hydrogens is 386 g/mol. The van der Waals surface area contributed by atoms with Crippen LogP contribution in [0.3, 0.4) is 0 Å². The molecule has 2 atom stereocenters. The number of allylic oxidation sites excluding steroid dienone is 2. The Labute approximate surface area is 185 Å². The molecule has 5 nitrogen and oxygen atoms in total. The van der Waals surface area contributed by atoms with Gasteiger partial charge in [0, 0.05) is 30.4 Å². The van der Waals surface area contributed by atoms with Crippen molar-refractivity contribution < 1.29 is 9.47 Å². The van der Waals surface area contributed by atoms with E-state index in [0.29, 0.717) is 6.61 Å². The lowest BCUT2D eigenvalue weighted by atomic mass is 10.1. The van der Waals surface area contributed by atoms with Crippen molar-refractivity contribution in [2.75, 3.05) is 36.2 Å². The predicted molar refractivity (Wildman–Crippen MR) is 128 cm³/mol. The minimum Gasteiger partial charge on any atom is -0.490 e. The third-order valence-electron chi connectivity index (χ3n) is 5.57. The molecule has 31 heavy (non-hydrogen) atoms. The second-order valence-electron chi connectivity index (χ2n) is 7.70. The van der Waals surface area contributed by atoms with Crippen LogP contribution in [0.2, 0.25) is 0 Å². The van der Waals surface area contributed by atoms with E-state index in [0.717, 1.165) is 48.8 Å². The SMILES string of the molecule is CCN(CC)c1ccc(/C=N/N(c2ccccc2)C2C=CC=CC2)c(OCC2CO2)c1. The maximum Gasteiger partial charge on any atom is 0.130 e. The third kappa shape index (κ3) is 5.56. The molecule has 0 radical (unpaired) electrons. The van der Waals surface area contributed by atoms with Gasteiger partial charge in [0.05, 0.1) is 24.6 Å². The van der Waals surface area contributed by atoms with Gasteiger partial charge in [-0.3, -0.25) is 5.01 Å². The molecule has 0 bridgehead atoms. The summed E-state index contributed by atoms with van der Waals surface area (Å²) in [7, 11) is 0. The fraction of sp³-hybridized carbons (Fsp3) is 0.346. The van der Waals surface area contributed by atoms with Gasteiger partial charge in [-0.2, -0.15) is 5.10 Å². The van der Waals surface area contributed by atoms with E-state index in [2.05, 4.69) is 78.4 Å². The van der Waals surface area contributed by atoms with Crippen molar-refractivity contribution in [3.8, 4) is 5.75 Å². The average Bonchev–Trinajstić information content (AvgIpc) is 3.65. The van der Waals surface area contributed by atoms with E-state index in [1.807, 2.05) is 24.4 Å². The van der Waals surface area contributed by atoms with E-state index in [9.17, 15) is 0 Å². The van der Waals surface area contributed by atoms with Crippen LogP contribution in [0.5, 0.6) is 5.75 Å². The molecule has 0 amide bonds. The van der Waals surface area contributed by atoms with E-state index in [1.165, 1.54) is 0 Å². The molecule has 0 spiro atoms. The molecule has 4 rings (SSSR count). The first-order chi connectivity index (χ1) is 15.3. The molecule has 1 aliphatic carbocycles. The van der Waals surface area contributed by atoms with E-state index in [1.54, 1.807) is 0 Å². The van der Waals surface area contributed by atoms with Gasteiger partial charge in [0.15, 0.2) is 0 Å². The number of hydrazone groups is 1. The summed E-state index contributed by atoms with van der Waals surface area (Å²) >= 11 is 0. The highest BCUT2D eigenvalue weighted by molar-refractivity contribution is 5.85. The number of nitrogens with zero attached hydrogens (tertiary/aromatic N) is 3. The zero-order valence-corrected chi connectivity index (χ0v) is 18.4. The molecule has 2 aliphatic rings. The average molecular weight is 418 g/mol. The Balaban J connectivity index is 1.62. The summed E-state index contributed by atoms with van der Waals surface area (Å²) in [6.45, 7) is 7.60. The molecule has 1 aliphatic heterocycles. The van der Waals surface area contributed by atoms with Gasteiger partial charge < -0.3 is 14.4 Å². The van der Waals surface area contributed by atoms with E-state index in [-0.39, 0.29) is 12.1 Å². The minimum atomic E-state index is 0.183. The molecule has 0 saturated carbocycles. The number of benzene rings is 2. The number of hydrogen-bond acceptors (Lipinski definition) is 5. The lowest BCUT2D eigenvalue weighted by Crippen LogP contribution is -2.29. The zero-order chi connectivity index (χ0) is 21.5. The van der Waals surface area contributed by atoms with Crippen molar-refractivity contribution >= 4 is 17.6 Å². The second-order valence-corrected chi connectivity index (χ2v) is 7.70. The Morgan fingerprint density at radius 1 is 1.06 bits per heavy atom. The standard InChI is InChI=1S/C26H31N3O2/c1-3-28(4-2)24-16-15-21(26(17-24)31-20-25-19-30-25)18-27-29(22-11-7-5-8-12-22)23-13-9-6-10-14-23/h5-13,15-18,23,25H,3-4,14,19-20H2,1-2H3/b27-18+. The number of rotatable bonds is 10. The molecule has 2 unspecified atom stereocenters. The van der Waals surface area contributed by atoms with Crippen LogP contribution >= 0.6 is 0 Å². The first kappa shape index (κ1) is 21.2. The number of ether oxygens (including phenoxy) is 2. The van der Waals surface area contributed by atoms with E-state index >= 15 is 0 Å². The van der Waals surface area contributed by atoms with Crippen LogP contribution in [0.4, 0.5) is 11.4 Å². The van der Waals surface area contributed by atoms with Crippen molar-refractivity contribution in [3.63, 3.8) is 0 Å². The van der Waals surface area contributed by atoms with Gasteiger partial charge in [0.25, 0.3) is 0 Å². The van der Waals surface area contributed by atoms with Crippen molar-refractivity contribution in [2.24, 2.45) is 5.10 Å². The van der Waals surface area contributed by atoms with Gasteiger partial charge in [-0.1, -0.05) is 42.5 Å². The Hall–Kier alpha value is -3.05. The second kappa shape index (κ2) is 10.3. The van der Waals surface area contributed by atoms with Crippen LogP contribution in [-0.2, 0) is 4.74 Å². The number of anilines is 2. The molecule has 2 aromatic rings. The first-order valence-corrected chi connectivity index (χ1v) is 11.1. The largest absolute Gasteiger partial charge is 0.490 e. The minimum absolute atomic E-state index is 0.183. The predicted octanol–water partition coefficient (Wildman–Crippen LogP) is 5.04. The summed E-state index contributed by atoms with van der Waals surface area (Å²) in [6.07, 6.45) is 11.6. The van der Waals surface area contributed by atoms with Crippen molar-refractivity contribution in [3.05, 3.63) is 78.4 Å². The number of epoxide rings is 1. The monoisotopic (exact) mass is 417 g/mol. The Morgan fingerprint density at radius 2 is 1.87 bits per heavy atom. The maximum atomic E-state index is 6.14. The summed E-state index contributed by atoms with van der Waals surface area (Å²) in [4.78, 5) is 2.32. The summed E-state index contributed by atoms with van der Waals surface area (Å²) in [5.74, 6) is 0.843. The third-order valence-corrected chi connectivity index (χ3v) is 5.57. The maximum absolute atomic E-state index is 6.14. The molecule has 162 valence electrons. The van der Waals surface area contributed by atoms with Gasteiger partial charge in [0.1, 0.15) is 18.5 Å². The number of hydrogen-bond donors (Lipinski definition) is 0. The summed E-state index contributed by atoms with van der Waals surface area (Å²) in [5.41, 5.74) is 3.19. The first-order valence-electron chi connectivity index (χ1n) is 11.1. The van der Waals surface area contributed by atoms with Crippen molar-refractivity contribution in [1.82, 2.24) is 0 Å². The fourth-order valence-corrected chi connectivity index (χ4v) is 3.68. The highest BCUT2D eigenvalue weighted by Gasteiger charge is 2.24. The van der Waals surface area contributed by atoms with Crippen LogP contribution in [0.15, 0.2) is 77.9 Å². The van der Waals surface area contributed by atoms with Crippen LogP contribution in [0.25, 0.3) is 0 Å². The molecule has 2 aromatic carbocycles. The van der Waals surface area contributed by atoms with Crippen LogP contribution < -0.4 is 14.6 Å². The molecule has 1 saturated heterocycles. The topological polar surface area (TPSA) is 40.6 Å². The normalized spacial score (nSPS) is 19.5. The smallest absolute Gasteiger partial charge is 0.130 e. The lowest BCUT2D eigenvalue weighted by Gasteiger charge is -2.27. The van der Waals surface area contributed by atoms with Gasteiger partial charge >= 0.3 is 0 Å². The number of para-hydroxylation sites is 1. The summed E-state index contributed by atoms with van der Waals surface area (Å²) in [6, 6.07) is 16.8. The molecule has 0 N–H and O–H groups in total. The van der Waals surface area contributed by atoms with Gasteiger partial charge in [-0.15, -0.1) is 0 Å². The Morgan fingerprint density at radius 3 is 2.55 bits per heavy atom. The summed E-state index contributed by atoms with van der Waals surface area (Å²) < 4.78 is 11.5. The van der Waals surface area contributed by atoms with Crippen LogP contribution in [-0.4, -0.2) is 44.7 Å². The lowest BCUT2D eigenvalue weighted by molar-refractivity contribution is 0.263. The zero-order valence-electron chi connectivity index (χ0n) is 18.4. The highest BCUT2D eigenvalue weighted by Crippen LogP contribution is 2.27. The van der Waals surface area contributed by atoms with E-state index in [4.69, 9.17) is 14.6 Å². The molecule has 5 heteroatoms. The van der Waals surface area contributed by atoms with Gasteiger partial charge in [-0.05, 0) is 44.5 Å². The summed E-state index contributed by atoms with van der Waals surface area (Å²) in [5, 5.41) is 6.98. The molecule has 1 heterocycles. The van der Waals surface area contributed by atoms with Crippen LogP contribution in [0, 0.1) is 0 Å². The van der Waals surface area contributed by atoms with Gasteiger partial charge in [-0.25, -0.2) is 0 Å². The van der Waals surface area contributed by atoms with Crippen molar-refractivity contribution in [2.45, 2.75) is 32.4 Å². The Kier molecular flexibility index (Phi) is 7.05. The Bertz CT molecular complexity index is 931. The fourth-order valence-electron chi connectivity index (χ4n) is 3.68. The highest BCUT2D eigenvalue weighted by atomic mass is 16.6. The van der Waals surface area contributed by atoms with Gasteiger partial charge in [0.2, 0.25) is 0 Å². The van der Waals surface area contributed by atoms with Crippen molar-refractivity contribution in [1.29, 1.82) is 0 Å². The quantitative estimate of drug-likeness (QED) is 0.309. The molecule has 1 fully saturated rings.